The number of amides is 1. The smallest absolute Gasteiger partial charge is 0.234 e. The molecule has 1 aliphatic carbocycles. The topological polar surface area (TPSA) is 32.3 Å². The zero-order chi connectivity index (χ0) is 13.6. The summed E-state index contributed by atoms with van der Waals surface area (Å²) in [6.07, 6.45) is 5.80. The highest BCUT2D eigenvalue weighted by Gasteiger charge is 2.52. The van der Waals surface area contributed by atoms with E-state index in [1.807, 2.05) is 6.07 Å². The first kappa shape index (κ1) is 12.4. The molecule has 2 atom stereocenters. The van der Waals surface area contributed by atoms with Crippen molar-refractivity contribution in [1.82, 2.24) is 5.32 Å². The summed E-state index contributed by atoms with van der Waals surface area (Å²) in [6, 6.07) is 8.39. The van der Waals surface area contributed by atoms with Crippen molar-refractivity contribution in [3.8, 4) is 0 Å². The predicted molar refractivity (Wildman–Crippen MR) is 79.8 cm³/mol. The van der Waals surface area contributed by atoms with Crippen molar-refractivity contribution in [2.24, 2.45) is 11.3 Å². The van der Waals surface area contributed by atoms with E-state index in [1.165, 1.54) is 24.8 Å². The molecule has 1 amide bonds. The third-order valence-corrected chi connectivity index (χ3v) is 5.60. The van der Waals surface area contributed by atoms with Crippen LogP contribution in [-0.4, -0.2) is 25.5 Å². The van der Waals surface area contributed by atoms with Gasteiger partial charge in [0.1, 0.15) is 0 Å². The van der Waals surface area contributed by atoms with Gasteiger partial charge in [0.25, 0.3) is 0 Å². The van der Waals surface area contributed by atoms with Gasteiger partial charge in [0.05, 0.1) is 5.41 Å². The maximum absolute atomic E-state index is 13.3. The van der Waals surface area contributed by atoms with E-state index in [1.54, 1.807) is 0 Å². The molecule has 1 saturated carbocycles. The first-order chi connectivity index (χ1) is 9.81. The number of hydrogen-bond acceptors (Lipinski definition) is 2. The fraction of sp³-hybridized carbons (Fsp3) is 0.588. The van der Waals surface area contributed by atoms with Gasteiger partial charge in [0.2, 0.25) is 5.91 Å². The number of carbonyl (C=O) groups excluding carboxylic acids is 1. The van der Waals surface area contributed by atoms with Crippen LogP contribution < -0.4 is 10.2 Å². The van der Waals surface area contributed by atoms with Gasteiger partial charge in [-0.15, -0.1) is 0 Å². The van der Waals surface area contributed by atoms with Gasteiger partial charge in [0, 0.05) is 18.8 Å². The van der Waals surface area contributed by atoms with Crippen molar-refractivity contribution in [3.63, 3.8) is 0 Å². The van der Waals surface area contributed by atoms with E-state index < -0.39 is 0 Å². The second-order valence-corrected chi connectivity index (χ2v) is 6.57. The Hall–Kier alpha value is -1.35. The molecule has 3 nitrogen and oxygen atoms in total. The summed E-state index contributed by atoms with van der Waals surface area (Å²) in [5, 5.41) is 3.49. The molecule has 0 aromatic heterocycles. The largest absolute Gasteiger partial charge is 0.315 e. The van der Waals surface area contributed by atoms with Crippen molar-refractivity contribution < 1.29 is 4.79 Å². The molecule has 1 N–H and O–H groups in total. The first-order valence-corrected chi connectivity index (χ1v) is 7.92. The minimum atomic E-state index is -0.115. The number of benzene rings is 1. The highest BCUT2D eigenvalue weighted by molar-refractivity contribution is 6.00. The monoisotopic (exact) mass is 270 g/mol. The average molecular weight is 270 g/mol. The first-order valence-electron chi connectivity index (χ1n) is 7.92. The molecule has 106 valence electrons. The summed E-state index contributed by atoms with van der Waals surface area (Å²) in [4.78, 5) is 15.3. The van der Waals surface area contributed by atoms with Crippen LogP contribution in [0.2, 0.25) is 0 Å². The third-order valence-electron chi connectivity index (χ3n) is 5.60. The van der Waals surface area contributed by atoms with Crippen molar-refractivity contribution in [2.45, 2.75) is 32.1 Å². The number of nitrogens with zero attached hydrogens (tertiary/aromatic N) is 1. The summed E-state index contributed by atoms with van der Waals surface area (Å²) in [7, 11) is 0. The maximum atomic E-state index is 13.3. The molecule has 0 bridgehead atoms. The van der Waals surface area contributed by atoms with Gasteiger partial charge in [-0.25, -0.2) is 0 Å². The maximum Gasteiger partial charge on any atom is 0.234 e. The normalized spacial score (nSPS) is 32.0. The lowest BCUT2D eigenvalue weighted by atomic mass is 9.67. The molecule has 0 spiro atoms. The van der Waals surface area contributed by atoms with E-state index in [0.717, 1.165) is 38.2 Å². The highest BCUT2D eigenvalue weighted by atomic mass is 16.2. The second-order valence-electron chi connectivity index (χ2n) is 6.57. The molecule has 1 aromatic rings. The zero-order valence-electron chi connectivity index (χ0n) is 11.9. The van der Waals surface area contributed by atoms with Crippen molar-refractivity contribution in [2.75, 3.05) is 24.5 Å². The van der Waals surface area contributed by atoms with Crippen molar-refractivity contribution >= 4 is 11.6 Å². The Balaban J connectivity index is 1.68. The van der Waals surface area contributed by atoms with E-state index in [0.29, 0.717) is 11.8 Å². The number of fused-ring (bicyclic) bond motifs is 2. The lowest BCUT2D eigenvalue weighted by Crippen LogP contribution is -2.49. The Morgan fingerprint density at radius 2 is 2.20 bits per heavy atom. The standard InChI is InChI=1S/C17H22N2O/c20-16(17-9-4-3-6-14(17)11-18-12-17)19-10-8-13-5-1-2-7-15(13)19/h1-2,5,7,14,18H,3-4,6,8-12H2/t14-,17+/m0/s1. The molecule has 1 aromatic carbocycles. The van der Waals surface area contributed by atoms with E-state index in [2.05, 4.69) is 28.4 Å². The van der Waals surface area contributed by atoms with Gasteiger partial charge in [-0.05, 0) is 43.4 Å². The SMILES string of the molecule is O=C(N1CCc2ccccc21)[C@@]12CCCC[C@H]1CNC2. The molecular weight excluding hydrogens is 248 g/mol. The lowest BCUT2D eigenvalue weighted by Gasteiger charge is -2.40. The van der Waals surface area contributed by atoms with Crippen LogP contribution in [0.25, 0.3) is 0 Å². The summed E-state index contributed by atoms with van der Waals surface area (Å²) >= 11 is 0. The molecule has 0 radical (unpaired) electrons. The van der Waals surface area contributed by atoms with Crippen LogP contribution in [0.1, 0.15) is 31.2 Å². The molecule has 0 unspecified atom stereocenters. The molecular formula is C17H22N2O. The number of carbonyl (C=O) groups is 1. The Morgan fingerprint density at radius 3 is 3.15 bits per heavy atom. The highest BCUT2D eigenvalue weighted by Crippen LogP contribution is 2.46. The van der Waals surface area contributed by atoms with E-state index >= 15 is 0 Å². The van der Waals surface area contributed by atoms with Crippen LogP contribution in [-0.2, 0) is 11.2 Å². The van der Waals surface area contributed by atoms with Crippen LogP contribution in [0.5, 0.6) is 0 Å². The molecule has 3 heteroatoms. The fourth-order valence-corrected chi connectivity index (χ4v) is 4.49. The van der Waals surface area contributed by atoms with Crippen LogP contribution in [0.4, 0.5) is 5.69 Å². The summed E-state index contributed by atoms with van der Waals surface area (Å²) in [5.41, 5.74) is 2.37. The van der Waals surface area contributed by atoms with Crippen molar-refractivity contribution in [1.29, 1.82) is 0 Å². The lowest BCUT2D eigenvalue weighted by molar-refractivity contribution is -0.131. The quantitative estimate of drug-likeness (QED) is 0.849. The molecule has 2 aliphatic heterocycles. The predicted octanol–water partition coefficient (Wildman–Crippen LogP) is 2.36. The second kappa shape index (κ2) is 4.59. The van der Waals surface area contributed by atoms with Gasteiger partial charge in [-0.1, -0.05) is 31.0 Å². The third kappa shape index (κ3) is 1.65. The number of para-hydroxylation sites is 1. The Labute approximate surface area is 120 Å². The molecule has 2 fully saturated rings. The Kier molecular flexibility index (Phi) is 2.84. The van der Waals surface area contributed by atoms with Gasteiger partial charge < -0.3 is 10.2 Å². The molecule has 4 rings (SSSR count). The van der Waals surface area contributed by atoms with Crippen LogP contribution >= 0.6 is 0 Å². The fourth-order valence-electron chi connectivity index (χ4n) is 4.49. The van der Waals surface area contributed by atoms with Gasteiger partial charge >= 0.3 is 0 Å². The van der Waals surface area contributed by atoms with Crippen LogP contribution in [0.15, 0.2) is 24.3 Å². The van der Waals surface area contributed by atoms with E-state index in [4.69, 9.17) is 0 Å². The Bertz CT molecular complexity index is 542. The number of nitrogens with one attached hydrogen (secondary N) is 1. The molecule has 2 heterocycles. The number of anilines is 1. The minimum Gasteiger partial charge on any atom is -0.315 e. The average Bonchev–Trinajstić information content (AvgIpc) is 3.11. The Morgan fingerprint density at radius 1 is 1.30 bits per heavy atom. The van der Waals surface area contributed by atoms with Gasteiger partial charge in [0.15, 0.2) is 0 Å². The van der Waals surface area contributed by atoms with E-state index in [9.17, 15) is 4.79 Å². The van der Waals surface area contributed by atoms with E-state index in [-0.39, 0.29) is 5.41 Å². The minimum absolute atomic E-state index is 0.115. The molecule has 1 saturated heterocycles. The van der Waals surface area contributed by atoms with Crippen LogP contribution in [0, 0.1) is 11.3 Å². The number of rotatable bonds is 1. The summed E-state index contributed by atoms with van der Waals surface area (Å²) < 4.78 is 0. The summed E-state index contributed by atoms with van der Waals surface area (Å²) in [6.45, 7) is 2.78. The molecule has 3 aliphatic rings. The van der Waals surface area contributed by atoms with Gasteiger partial charge in [-0.3, -0.25) is 4.79 Å². The number of hydrogen-bond donors (Lipinski definition) is 1. The van der Waals surface area contributed by atoms with Crippen LogP contribution in [0.3, 0.4) is 0 Å². The van der Waals surface area contributed by atoms with Gasteiger partial charge in [-0.2, -0.15) is 0 Å². The van der Waals surface area contributed by atoms with Crippen molar-refractivity contribution in [3.05, 3.63) is 29.8 Å². The molecule has 20 heavy (non-hydrogen) atoms. The summed E-state index contributed by atoms with van der Waals surface area (Å²) in [5.74, 6) is 0.939. The zero-order valence-corrected chi connectivity index (χ0v) is 11.9.